The molecule has 0 aromatic carbocycles. The summed E-state index contributed by atoms with van der Waals surface area (Å²) >= 11 is 0. The molecule has 0 fully saturated rings. The molecule has 0 aromatic heterocycles. The summed E-state index contributed by atoms with van der Waals surface area (Å²) in [5.41, 5.74) is 0. The first-order valence-electron chi connectivity index (χ1n) is 5.02. The van der Waals surface area contributed by atoms with E-state index < -0.39 is 0 Å². The molecule has 13 heavy (non-hydrogen) atoms. The highest BCUT2D eigenvalue weighted by Gasteiger charge is 2.13. The zero-order chi connectivity index (χ0) is 10.3. The van der Waals surface area contributed by atoms with E-state index in [0.29, 0.717) is 12.6 Å². The van der Waals surface area contributed by atoms with Gasteiger partial charge in [-0.05, 0) is 34.7 Å². The Morgan fingerprint density at radius 1 is 1.23 bits per heavy atom. The summed E-state index contributed by atoms with van der Waals surface area (Å²) in [7, 11) is 1.94. The lowest BCUT2D eigenvalue weighted by atomic mass is 10.2. The average molecular weight is 189 g/mol. The molecule has 3 unspecified atom stereocenters. The minimum atomic E-state index is 0.172. The van der Waals surface area contributed by atoms with Crippen molar-refractivity contribution in [2.24, 2.45) is 0 Å². The SMILES string of the molecule is CCOCC(C)OC(C)C(C)NC. The van der Waals surface area contributed by atoms with Crippen LogP contribution in [0.5, 0.6) is 0 Å². The molecule has 0 heterocycles. The van der Waals surface area contributed by atoms with Crippen LogP contribution in [0.15, 0.2) is 0 Å². The Morgan fingerprint density at radius 2 is 1.85 bits per heavy atom. The normalized spacial score (nSPS) is 18.2. The standard InChI is InChI=1S/C10H23NO2/c1-6-12-7-8(2)13-10(4)9(3)11-5/h8-11H,6-7H2,1-5H3. The van der Waals surface area contributed by atoms with Crippen molar-refractivity contribution >= 4 is 0 Å². The first kappa shape index (κ1) is 12.9. The minimum absolute atomic E-state index is 0.172. The Kier molecular flexibility index (Phi) is 7.23. The molecule has 0 aromatic rings. The van der Waals surface area contributed by atoms with Crippen LogP contribution in [0.4, 0.5) is 0 Å². The topological polar surface area (TPSA) is 30.5 Å². The van der Waals surface area contributed by atoms with Crippen LogP contribution in [0.25, 0.3) is 0 Å². The van der Waals surface area contributed by atoms with Crippen LogP contribution >= 0.6 is 0 Å². The van der Waals surface area contributed by atoms with Gasteiger partial charge in [-0.3, -0.25) is 0 Å². The van der Waals surface area contributed by atoms with Crippen molar-refractivity contribution in [1.29, 1.82) is 0 Å². The average Bonchev–Trinajstić information content (AvgIpc) is 2.13. The Labute approximate surface area is 81.8 Å². The van der Waals surface area contributed by atoms with E-state index in [2.05, 4.69) is 19.2 Å². The van der Waals surface area contributed by atoms with Gasteiger partial charge in [-0.15, -0.1) is 0 Å². The van der Waals surface area contributed by atoms with Gasteiger partial charge in [0, 0.05) is 12.6 Å². The third-order valence-electron chi connectivity index (χ3n) is 2.16. The zero-order valence-electron chi connectivity index (χ0n) is 9.46. The molecule has 3 nitrogen and oxygen atoms in total. The molecule has 0 aliphatic carbocycles. The molecule has 0 aliphatic rings. The van der Waals surface area contributed by atoms with Crippen molar-refractivity contribution in [1.82, 2.24) is 5.32 Å². The highest BCUT2D eigenvalue weighted by molar-refractivity contribution is 4.67. The maximum absolute atomic E-state index is 5.72. The molecule has 3 heteroatoms. The maximum Gasteiger partial charge on any atom is 0.0784 e. The first-order chi connectivity index (χ1) is 6.11. The van der Waals surface area contributed by atoms with E-state index in [4.69, 9.17) is 9.47 Å². The van der Waals surface area contributed by atoms with Crippen molar-refractivity contribution < 1.29 is 9.47 Å². The fraction of sp³-hybridized carbons (Fsp3) is 1.00. The van der Waals surface area contributed by atoms with Crippen LogP contribution in [0, 0.1) is 0 Å². The Morgan fingerprint density at radius 3 is 2.31 bits per heavy atom. The molecule has 0 rings (SSSR count). The monoisotopic (exact) mass is 189 g/mol. The van der Waals surface area contributed by atoms with Gasteiger partial charge in [-0.1, -0.05) is 0 Å². The quantitative estimate of drug-likeness (QED) is 0.657. The summed E-state index contributed by atoms with van der Waals surface area (Å²) in [4.78, 5) is 0. The van der Waals surface area contributed by atoms with Crippen LogP contribution in [0.2, 0.25) is 0 Å². The highest BCUT2D eigenvalue weighted by Crippen LogP contribution is 2.02. The largest absolute Gasteiger partial charge is 0.379 e. The molecule has 0 spiro atoms. The van der Waals surface area contributed by atoms with E-state index >= 15 is 0 Å². The van der Waals surface area contributed by atoms with Gasteiger partial charge in [0.2, 0.25) is 0 Å². The second kappa shape index (κ2) is 7.30. The number of hydrogen-bond acceptors (Lipinski definition) is 3. The van der Waals surface area contributed by atoms with Gasteiger partial charge in [-0.25, -0.2) is 0 Å². The van der Waals surface area contributed by atoms with Gasteiger partial charge >= 0.3 is 0 Å². The number of likely N-dealkylation sites (N-methyl/N-ethyl adjacent to an activating group) is 1. The number of rotatable bonds is 7. The third-order valence-corrected chi connectivity index (χ3v) is 2.16. The molecular formula is C10H23NO2. The molecular weight excluding hydrogens is 166 g/mol. The van der Waals surface area contributed by atoms with Crippen LogP contribution in [-0.2, 0) is 9.47 Å². The molecule has 0 aliphatic heterocycles. The second-order valence-electron chi connectivity index (χ2n) is 3.39. The summed E-state index contributed by atoms with van der Waals surface area (Å²) in [6, 6.07) is 0.379. The predicted octanol–water partition coefficient (Wildman–Crippen LogP) is 1.42. The molecule has 0 saturated heterocycles. The summed E-state index contributed by atoms with van der Waals surface area (Å²) in [6.07, 6.45) is 0.395. The highest BCUT2D eigenvalue weighted by atomic mass is 16.5. The zero-order valence-corrected chi connectivity index (χ0v) is 9.46. The molecule has 1 N–H and O–H groups in total. The lowest BCUT2D eigenvalue weighted by Crippen LogP contribution is -2.37. The minimum Gasteiger partial charge on any atom is -0.379 e. The van der Waals surface area contributed by atoms with E-state index in [-0.39, 0.29) is 12.2 Å². The third kappa shape index (κ3) is 6.02. The summed E-state index contributed by atoms with van der Waals surface area (Å²) < 4.78 is 11.0. The van der Waals surface area contributed by atoms with Crippen LogP contribution in [0.1, 0.15) is 27.7 Å². The molecule has 80 valence electrons. The predicted molar refractivity (Wildman–Crippen MR) is 55.0 cm³/mol. The van der Waals surface area contributed by atoms with E-state index in [1.807, 2.05) is 20.9 Å². The van der Waals surface area contributed by atoms with E-state index in [1.165, 1.54) is 0 Å². The smallest absolute Gasteiger partial charge is 0.0784 e. The van der Waals surface area contributed by atoms with E-state index in [1.54, 1.807) is 0 Å². The number of hydrogen-bond donors (Lipinski definition) is 1. The molecule has 0 bridgehead atoms. The van der Waals surface area contributed by atoms with Gasteiger partial charge in [-0.2, -0.15) is 0 Å². The van der Waals surface area contributed by atoms with Gasteiger partial charge in [0.05, 0.1) is 18.8 Å². The summed E-state index contributed by atoms with van der Waals surface area (Å²) in [6.45, 7) is 9.64. The molecule has 0 amide bonds. The number of nitrogens with one attached hydrogen (secondary N) is 1. The van der Waals surface area contributed by atoms with Crippen LogP contribution in [-0.4, -0.2) is 38.5 Å². The Balaban J connectivity index is 3.57. The molecule has 0 radical (unpaired) electrons. The first-order valence-corrected chi connectivity index (χ1v) is 5.02. The van der Waals surface area contributed by atoms with Crippen LogP contribution in [0.3, 0.4) is 0 Å². The fourth-order valence-corrected chi connectivity index (χ4v) is 1.04. The van der Waals surface area contributed by atoms with Crippen molar-refractivity contribution in [3.63, 3.8) is 0 Å². The summed E-state index contributed by atoms with van der Waals surface area (Å²) in [5, 5.41) is 3.16. The second-order valence-corrected chi connectivity index (χ2v) is 3.39. The van der Waals surface area contributed by atoms with Crippen molar-refractivity contribution in [3.8, 4) is 0 Å². The Hall–Kier alpha value is -0.120. The fourth-order valence-electron chi connectivity index (χ4n) is 1.04. The van der Waals surface area contributed by atoms with Gasteiger partial charge in [0.15, 0.2) is 0 Å². The van der Waals surface area contributed by atoms with Crippen molar-refractivity contribution in [2.75, 3.05) is 20.3 Å². The van der Waals surface area contributed by atoms with E-state index in [0.717, 1.165) is 6.61 Å². The molecule has 3 atom stereocenters. The number of ether oxygens (including phenoxy) is 2. The maximum atomic E-state index is 5.72. The summed E-state index contributed by atoms with van der Waals surface area (Å²) in [5.74, 6) is 0. The van der Waals surface area contributed by atoms with Gasteiger partial charge in [0.25, 0.3) is 0 Å². The lowest BCUT2D eigenvalue weighted by Gasteiger charge is -2.23. The van der Waals surface area contributed by atoms with E-state index in [9.17, 15) is 0 Å². The van der Waals surface area contributed by atoms with Crippen molar-refractivity contribution in [2.45, 2.75) is 45.9 Å². The lowest BCUT2D eigenvalue weighted by molar-refractivity contribution is -0.0491. The molecule has 0 saturated carbocycles. The Bertz CT molecular complexity index is 119. The van der Waals surface area contributed by atoms with Gasteiger partial charge < -0.3 is 14.8 Å². The van der Waals surface area contributed by atoms with Crippen LogP contribution < -0.4 is 5.32 Å². The van der Waals surface area contributed by atoms with Gasteiger partial charge in [0.1, 0.15) is 0 Å². The van der Waals surface area contributed by atoms with Crippen molar-refractivity contribution in [3.05, 3.63) is 0 Å².